The van der Waals surface area contributed by atoms with Crippen molar-refractivity contribution in [1.29, 1.82) is 0 Å². The van der Waals surface area contributed by atoms with Crippen molar-refractivity contribution in [3.05, 3.63) is 34.0 Å². The molecular weight excluding hydrogens is 344 g/mol. The summed E-state index contributed by atoms with van der Waals surface area (Å²) in [4.78, 5) is 13.0. The third-order valence-electron chi connectivity index (χ3n) is 3.58. The highest BCUT2D eigenvalue weighted by Crippen LogP contribution is 2.29. The van der Waals surface area contributed by atoms with E-state index in [0.717, 1.165) is 29.1 Å². The van der Waals surface area contributed by atoms with Crippen molar-refractivity contribution < 1.29 is 9.53 Å². The van der Waals surface area contributed by atoms with Crippen LogP contribution in [0.5, 0.6) is 0 Å². The van der Waals surface area contributed by atoms with E-state index >= 15 is 0 Å². The van der Waals surface area contributed by atoms with Gasteiger partial charge >= 0.3 is 5.97 Å². The lowest BCUT2D eigenvalue weighted by Crippen LogP contribution is -2.28. The number of aryl methyl sites for hydroxylation is 3. The van der Waals surface area contributed by atoms with Crippen molar-refractivity contribution in [2.24, 2.45) is 0 Å². The van der Waals surface area contributed by atoms with Crippen LogP contribution >= 0.6 is 23.6 Å². The van der Waals surface area contributed by atoms with Crippen LogP contribution in [0.1, 0.15) is 40.3 Å². The number of ether oxygens (including phenoxy) is 1. The zero-order valence-electron chi connectivity index (χ0n) is 14.3. The summed E-state index contributed by atoms with van der Waals surface area (Å²) >= 11 is 6.85. The first-order valence-corrected chi connectivity index (χ1v) is 8.99. The van der Waals surface area contributed by atoms with Gasteiger partial charge in [0.1, 0.15) is 5.00 Å². The van der Waals surface area contributed by atoms with Gasteiger partial charge in [0.2, 0.25) is 0 Å². The predicted molar refractivity (Wildman–Crippen MR) is 101 cm³/mol. The van der Waals surface area contributed by atoms with Crippen LogP contribution in [0.3, 0.4) is 0 Å². The molecule has 0 amide bonds. The van der Waals surface area contributed by atoms with Crippen LogP contribution in [0.15, 0.2) is 12.3 Å². The van der Waals surface area contributed by atoms with Crippen LogP contribution in [-0.4, -0.2) is 28.0 Å². The molecule has 0 saturated heterocycles. The number of nitrogens with one attached hydrogen (secondary N) is 2. The number of esters is 1. The van der Waals surface area contributed by atoms with E-state index in [2.05, 4.69) is 15.7 Å². The molecule has 6 nitrogen and oxygen atoms in total. The van der Waals surface area contributed by atoms with Crippen molar-refractivity contribution in [3.63, 3.8) is 0 Å². The van der Waals surface area contributed by atoms with Gasteiger partial charge in [-0.25, -0.2) is 4.79 Å². The monoisotopic (exact) mass is 366 g/mol. The second kappa shape index (κ2) is 8.25. The Morgan fingerprint density at radius 2 is 2.21 bits per heavy atom. The fraction of sp³-hybridized carbons (Fsp3) is 0.438. The number of nitrogens with zero attached hydrogens (tertiary/aromatic N) is 2. The fourth-order valence-electron chi connectivity index (χ4n) is 2.19. The van der Waals surface area contributed by atoms with Gasteiger partial charge in [0.25, 0.3) is 0 Å². The zero-order chi connectivity index (χ0) is 17.7. The SMILES string of the molecule is CCc1cc(C(=O)OC)c(NC(=S)NCc2cn(CC)nc2C)s1. The Labute approximate surface area is 151 Å². The Morgan fingerprint density at radius 1 is 1.46 bits per heavy atom. The van der Waals surface area contributed by atoms with Crippen LogP contribution in [0.25, 0.3) is 0 Å². The summed E-state index contributed by atoms with van der Waals surface area (Å²) in [6.07, 6.45) is 2.86. The van der Waals surface area contributed by atoms with E-state index in [1.165, 1.54) is 18.4 Å². The molecule has 24 heavy (non-hydrogen) atoms. The molecule has 0 fully saturated rings. The molecule has 2 rings (SSSR count). The van der Waals surface area contributed by atoms with E-state index in [1.807, 2.05) is 37.7 Å². The van der Waals surface area contributed by atoms with E-state index in [1.54, 1.807) is 0 Å². The van der Waals surface area contributed by atoms with E-state index in [-0.39, 0.29) is 5.97 Å². The lowest BCUT2D eigenvalue weighted by atomic mass is 10.2. The molecule has 0 aromatic carbocycles. The summed E-state index contributed by atoms with van der Waals surface area (Å²) < 4.78 is 6.72. The summed E-state index contributed by atoms with van der Waals surface area (Å²) in [7, 11) is 1.38. The molecule has 130 valence electrons. The molecule has 0 aliphatic rings. The highest BCUT2D eigenvalue weighted by Gasteiger charge is 2.17. The zero-order valence-corrected chi connectivity index (χ0v) is 15.9. The van der Waals surface area contributed by atoms with E-state index in [4.69, 9.17) is 17.0 Å². The molecule has 0 bridgehead atoms. The summed E-state index contributed by atoms with van der Waals surface area (Å²) in [6, 6.07) is 1.84. The predicted octanol–water partition coefficient (Wildman–Crippen LogP) is 3.11. The number of hydrogen-bond acceptors (Lipinski definition) is 5. The number of carbonyl (C=O) groups is 1. The van der Waals surface area contributed by atoms with Crippen molar-refractivity contribution in [1.82, 2.24) is 15.1 Å². The Morgan fingerprint density at radius 3 is 2.79 bits per heavy atom. The molecule has 0 spiro atoms. The van der Waals surface area contributed by atoms with Crippen LogP contribution in [0, 0.1) is 6.92 Å². The Bertz CT molecular complexity index is 737. The number of anilines is 1. The van der Waals surface area contributed by atoms with Crippen LogP contribution in [0.4, 0.5) is 5.00 Å². The summed E-state index contributed by atoms with van der Waals surface area (Å²) in [5, 5.41) is 11.8. The average Bonchev–Trinajstić information content (AvgIpc) is 3.15. The van der Waals surface area contributed by atoms with E-state index in [9.17, 15) is 4.79 Å². The summed E-state index contributed by atoms with van der Waals surface area (Å²) in [6.45, 7) is 7.48. The first-order valence-electron chi connectivity index (χ1n) is 7.77. The van der Waals surface area contributed by atoms with Gasteiger partial charge in [0.15, 0.2) is 5.11 Å². The number of hydrogen-bond donors (Lipinski definition) is 2. The van der Waals surface area contributed by atoms with Gasteiger partial charge in [0, 0.05) is 29.7 Å². The molecule has 2 N–H and O–H groups in total. The first kappa shape index (κ1) is 18.4. The van der Waals surface area contributed by atoms with Crippen LogP contribution in [0.2, 0.25) is 0 Å². The largest absolute Gasteiger partial charge is 0.465 e. The summed E-state index contributed by atoms with van der Waals surface area (Å²) in [5.74, 6) is -0.365. The third kappa shape index (κ3) is 4.33. The standard InChI is InChI=1S/C16H22N4O2S2/c1-5-12-7-13(15(21)22-4)14(24-12)18-16(23)17-8-11-9-20(6-2)19-10(11)3/h7,9H,5-6,8H2,1-4H3,(H2,17,18,23). The lowest BCUT2D eigenvalue weighted by Gasteiger charge is -2.10. The number of aromatic nitrogens is 2. The quantitative estimate of drug-likeness (QED) is 0.605. The second-order valence-electron chi connectivity index (χ2n) is 5.20. The van der Waals surface area contributed by atoms with E-state index in [0.29, 0.717) is 22.2 Å². The van der Waals surface area contributed by atoms with Crippen LogP contribution < -0.4 is 10.6 Å². The van der Waals surface area contributed by atoms with Crippen molar-refractivity contribution in [2.75, 3.05) is 12.4 Å². The lowest BCUT2D eigenvalue weighted by molar-refractivity contribution is 0.0602. The normalized spacial score (nSPS) is 10.5. The number of carbonyl (C=O) groups excluding carboxylic acids is 1. The molecule has 0 aliphatic heterocycles. The van der Waals surface area contributed by atoms with Gasteiger partial charge in [-0.3, -0.25) is 4.68 Å². The van der Waals surface area contributed by atoms with Crippen LogP contribution in [-0.2, 0) is 24.2 Å². The van der Waals surface area contributed by atoms with Crippen molar-refractivity contribution in [2.45, 2.75) is 40.3 Å². The smallest absolute Gasteiger partial charge is 0.340 e. The molecule has 2 aromatic rings. The van der Waals surface area contributed by atoms with Gasteiger partial charge in [0.05, 0.1) is 18.4 Å². The molecule has 2 aromatic heterocycles. The number of rotatable bonds is 6. The van der Waals surface area contributed by atoms with Crippen molar-refractivity contribution in [3.8, 4) is 0 Å². The maximum Gasteiger partial charge on any atom is 0.340 e. The minimum absolute atomic E-state index is 0.365. The van der Waals surface area contributed by atoms with Gasteiger partial charge in [-0.2, -0.15) is 5.10 Å². The Kier molecular flexibility index (Phi) is 6.33. The maximum atomic E-state index is 11.9. The van der Waals surface area contributed by atoms with Gasteiger partial charge in [-0.05, 0) is 38.6 Å². The van der Waals surface area contributed by atoms with Gasteiger partial charge in [-0.1, -0.05) is 6.92 Å². The second-order valence-corrected chi connectivity index (χ2v) is 6.75. The first-order chi connectivity index (χ1) is 11.5. The molecule has 8 heteroatoms. The topological polar surface area (TPSA) is 68.2 Å². The van der Waals surface area contributed by atoms with Crippen molar-refractivity contribution >= 4 is 39.6 Å². The fourth-order valence-corrected chi connectivity index (χ4v) is 3.42. The molecule has 0 saturated carbocycles. The number of thiocarbonyl (C=S) groups is 1. The highest BCUT2D eigenvalue weighted by molar-refractivity contribution is 7.80. The minimum atomic E-state index is -0.365. The molecule has 0 atom stereocenters. The van der Waals surface area contributed by atoms with E-state index < -0.39 is 0 Å². The highest BCUT2D eigenvalue weighted by atomic mass is 32.1. The molecule has 0 unspecified atom stereocenters. The summed E-state index contributed by atoms with van der Waals surface area (Å²) in [5.41, 5.74) is 2.58. The molecule has 0 aliphatic carbocycles. The maximum absolute atomic E-state index is 11.9. The molecular formula is C16H22N4O2S2. The Balaban J connectivity index is 2.02. The van der Waals surface area contributed by atoms with Gasteiger partial charge < -0.3 is 15.4 Å². The number of methoxy groups -OCH3 is 1. The third-order valence-corrected chi connectivity index (χ3v) is 5.02. The Hall–Kier alpha value is -1.93. The molecule has 0 radical (unpaired) electrons. The average molecular weight is 367 g/mol. The van der Waals surface area contributed by atoms with Gasteiger partial charge in [-0.15, -0.1) is 11.3 Å². The molecule has 2 heterocycles. The minimum Gasteiger partial charge on any atom is -0.465 e. The number of thiophene rings is 1.